The third-order valence-electron chi connectivity index (χ3n) is 5.27. The summed E-state index contributed by atoms with van der Waals surface area (Å²) >= 11 is 0. The van der Waals surface area contributed by atoms with Gasteiger partial charge in [-0.3, -0.25) is 14.3 Å². The summed E-state index contributed by atoms with van der Waals surface area (Å²) in [5.41, 5.74) is -0.642. The minimum atomic E-state index is -1.46. The van der Waals surface area contributed by atoms with Gasteiger partial charge in [-0.2, -0.15) is 0 Å². The number of carbonyl (C=O) groups is 2. The maximum absolute atomic E-state index is 12.3. The van der Waals surface area contributed by atoms with Gasteiger partial charge in [-0.05, 0) is 12.0 Å². The van der Waals surface area contributed by atoms with E-state index < -0.39 is 53.5 Å². The lowest BCUT2D eigenvalue weighted by atomic mass is 9.95. The summed E-state index contributed by atoms with van der Waals surface area (Å²) in [6, 6.07) is 7.73. The van der Waals surface area contributed by atoms with Crippen LogP contribution in [0.3, 0.4) is 0 Å². The molecule has 0 spiro atoms. The molecule has 1 aliphatic rings. The van der Waals surface area contributed by atoms with Crippen LogP contribution in [0.4, 0.5) is 4.79 Å². The Morgan fingerprint density at radius 1 is 1.19 bits per heavy atom. The van der Waals surface area contributed by atoms with Crippen molar-refractivity contribution in [2.75, 3.05) is 7.11 Å². The number of aliphatic hydroxyl groups excluding tert-OH is 2. The first-order valence-electron chi connectivity index (χ1n) is 9.54. The molecule has 11 heteroatoms. The predicted molar refractivity (Wildman–Crippen MR) is 106 cm³/mol. The summed E-state index contributed by atoms with van der Waals surface area (Å²) in [5, 5.41) is 23.4. The zero-order valence-corrected chi connectivity index (χ0v) is 16.6. The topological polar surface area (TPSA) is 160 Å². The average molecular weight is 433 g/mol. The molecule has 1 aliphatic carbocycles. The van der Waals surface area contributed by atoms with E-state index in [0.717, 1.165) is 23.3 Å². The Labute approximate surface area is 176 Å². The number of nitrogens with one attached hydrogen (secondary N) is 2. The first kappa shape index (κ1) is 22.2. The second-order valence-electron chi connectivity index (χ2n) is 7.17. The highest BCUT2D eigenvalue weighted by Gasteiger charge is 2.49. The summed E-state index contributed by atoms with van der Waals surface area (Å²) in [7, 11) is 1.12. The molecule has 0 saturated heterocycles. The normalized spacial score (nSPS) is 23.7. The summed E-state index contributed by atoms with van der Waals surface area (Å²) in [6.45, 7) is -0.0359. The second-order valence-corrected chi connectivity index (χ2v) is 7.17. The molecular weight excluding hydrogens is 410 g/mol. The van der Waals surface area contributed by atoms with Gasteiger partial charge in [-0.1, -0.05) is 30.3 Å². The number of alkyl carbamates (subject to hydrolysis) is 1. The molecule has 1 fully saturated rings. The number of esters is 1. The van der Waals surface area contributed by atoms with E-state index in [-0.39, 0.29) is 13.0 Å². The highest BCUT2D eigenvalue weighted by atomic mass is 16.6. The molecule has 1 heterocycles. The number of aromatic amines is 1. The number of amides is 1. The van der Waals surface area contributed by atoms with Crippen LogP contribution in [0.5, 0.6) is 0 Å². The van der Waals surface area contributed by atoms with Crippen LogP contribution in [0.2, 0.25) is 0 Å². The third kappa shape index (κ3) is 5.01. The first-order valence-corrected chi connectivity index (χ1v) is 9.54. The van der Waals surface area contributed by atoms with Crippen molar-refractivity contribution in [2.45, 2.75) is 37.3 Å². The van der Waals surface area contributed by atoms with Gasteiger partial charge in [0.2, 0.25) is 0 Å². The maximum atomic E-state index is 12.3. The van der Waals surface area contributed by atoms with Crippen LogP contribution in [0, 0.1) is 5.92 Å². The number of hydrogen-bond acceptors (Lipinski definition) is 8. The Balaban J connectivity index is 1.75. The summed E-state index contributed by atoms with van der Waals surface area (Å²) < 4.78 is 10.9. The van der Waals surface area contributed by atoms with Crippen molar-refractivity contribution in [3.63, 3.8) is 0 Å². The first-order chi connectivity index (χ1) is 14.8. The molecular formula is C20H23N3O8. The fraction of sp³-hybridized carbons (Fsp3) is 0.400. The van der Waals surface area contributed by atoms with E-state index in [1.807, 2.05) is 6.07 Å². The molecule has 11 nitrogen and oxygen atoms in total. The molecule has 0 unspecified atom stereocenters. The van der Waals surface area contributed by atoms with Crippen molar-refractivity contribution < 1.29 is 29.3 Å². The number of nitrogens with zero attached hydrogens (tertiary/aromatic N) is 1. The highest BCUT2D eigenvalue weighted by Crippen LogP contribution is 2.36. The number of carbonyl (C=O) groups excluding carboxylic acids is 2. The molecule has 4 N–H and O–H groups in total. The monoisotopic (exact) mass is 433 g/mol. The summed E-state index contributed by atoms with van der Waals surface area (Å²) in [6.07, 6.45) is -2.65. The molecule has 1 saturated carbocycles. The van der Waals surface area contributed by atoms with Gasteiger partial charge in [0.15, 0.2) is 0 Å². The molecule has 2 aromatic rings. The molecule has 5 atom stereocenters. The van der Waals surface area contributed by atoms with Crippen LogP contribution in [-0.2, 0) is 20.9 Å². The number of hydrogen-bond donors (Lipinski definition) is 4. The molecule has 1 aromatic heterocycles. The molecule has 0 aliphatic heterocycles. The van der Waals surface area contributed by atoms with E-state index in [4.69, 9.17) is 9.47 Å². The summed E-state index contributed by atoms with van der Waals surface area (Å²) in [5.74, 6) is -1.82. The fourth-order valence-corrected chi connectivity index (χ4v) is 3.70. The van der Waals surface area contributed by atoms with Crippen LogP contribution in [0.25, 0.3) is 0 Å². The van der Waals surface area contributed by atoms with E-state index in [0.29, 0.717) is 0 Å². The van der Waals surface area contributed by atoms with Gasteiger partial charge in [0, 0.05) is 18.2 Å². The Bertz CT molecular complexity index is 1030. The second kappa shape index (κ2) is 9.58. The lowest BCUT2D eigenvalue weighted by Gasteiger charge is -2.25. The average Bonchev–Trinajstić information content (AvgIpc) is 3.05. The van der Waals surface area contributed by atoms with Gasteiger partial charge in [0.05, 0.1) is 19.3 Å². The number of H-pyrrole nitrogens is 1. The van der Waals surface area contributed by atoms with Crippen LogP contribution in [0.15, 0.2) is 52.2 Å². The Hall–Kier alpha value is -3.44. The molecule has 1 aromatic carbocycles. The lowest BCUT2D eigenvalue weighted by Crippen LogP contribution is -2.50. The van der Waals surface area contributed by atoms with Crippen LogP contribution >= 0.6 is 0 Å². The molecule has 0 bridgehead atoms. The number of aliphatic hydroxyl groups is 2. The SMILES string of the molecule is COC(=O)[C@@H](NC(=O)OCc1ccccc1)[C@H]1C[C@@H](n2ccc(=O)[nH]c2=O)[C@H](O)[C@@H]1O. The van der Waals surface area contributed by atoms with Crippen LogP contribution < -0.4 is 16.6 Å². The quantitative estimate of drug-likeness (QED) is 0.435. The third-order valence-corrected chi connectivity index (χ3v) is 5.27. The number of rotatable bonds is 6. The number of benzene rings is 1. The number of ether oxygens (including phenoxy) is 2. The minimum absolute atomic E-state index is 0.0359. The van der Waals surface area contributed by atoms with Crippen molar-refractivity contribution >= 4 is 12.1 Å². The molecule has 1 amide bonds. The highest BCUT2D eigenvalue weighted by molar-refractivity contribution is 5.81. The Morgan fingerprint density at radius 2 is 1.90 bits per heavy atom. The molecule has 3 rings (SSSR count). The predicted octanol–water partition coefficient (Wildman–Crippen LogP) is -0.713. The van der Waals surface area contributed by atoms with E-state index in [9.17, 15) is 29.4 Å². The molecule has 166 valence electrons. The standard InChI is InChI=1S/C20H23N3O8/c1-30-18(27)15(22-20(29)31-10-11-5-3-2-4-6-11)12-9-13(17(26)16(12)25)23-8-7-14(24)21-19(23)28/h2-8,12-13,15-17,25-26H,9-10H2,1H3,(H,22,29)(H,21,24,28)/t12-,13-,15+,16-,17+/m1/s1. The molecule has 31 heavy (non-hydrogen) atoms. The van der Waals surface area contributed by atoms with Gasteiger partial charge < -0.3 is 25.0 Å². The van der Waals surface area contributed by atoms with Gasteiger partial charge in [0.25, 0.3) is 5.56 Å². The Kier molecular flexibility index (Phi) is 6.88. The van der Waals surface area contributed by atoms with Crippen molar-refractivity contribution in [1.82, 2.24) is 14.9 Å². The van der Waals surface area contributed by atoms with Gasteiger partial charge >= 0.3 is 17.8 Å². The zero-order valence-electron chi connectivity index (χ0n) is 16.6. The zero-order chi connectivity index (χ0) is 22.5. The van der Waals surface area contributed by atoms with E-state index in [1.165, 1.54) is 6.20 Å². The Morgan fingerprint density at radius 3 is 2.55 bits per heavy atom. The van der Waals surface area contributed by atoms with Crippen molar-refractivity contribution in [3.05, 3.63) is 69.0 Å². The van der Waals surface area contributed by atoms with Crippen molar-refractivity contribution in [1.29, 1.82) is 0 Å². The fourth-order valence-electron chi connectivity index (χ4n) is 3.70. The van der Waals surface area contributed by atoms with Crippen LogP contribution in [-0.4, -0.2) is 57.2 Å². The molecule has 0 radical (unpaired) electrons. The number of methoxy groups -OCH3 is 1. The lowest BCUT2D eigenvalue weighted by molar-refractivity contribution is -0.146. The minimum Gasteiger partial charge on any atom is -0.467 e. The van der Waals surface area contributed by atoms with E-state index in [2.05, 4.69) is 10.3 Å². The van der Waals surface area contributed by atoms with Gasteiger partial charge in [-0.25, -0.2) is 14.4 Å². The number of aromatic nitrogens is 2. The van der Waals surface area contributed by atoms with E-state index in [1.54, 1.807) is 24.3 Å². The smallest absolute Gasteiger partial charge is 0.408 e. The van der Waals surface area contributed by atoms with Gasteiger partial charge in [0.1, 0.15) is 18.8 Å². The van der Waals surface area contributed by atoms with Crippen molar-refractivity contribution in [2.24, 2.45) is 5.92 Å². The van der Waals surface area contributed by atoms with E-state index >= 15 is 0 Å². The van der Waals surface area contributed by atoms with Crippen LogP contribution in [0.1, 0.15) is 18.0 Å². The summed E-state index contributed by atoms with van der Waals surface area (Å²) in [4.78, 5) is 50.0. The maximum Gasteiger partial charge on any atom is 0.408 e. The van der Waals surface area contributed by atoms with Gasteiger partial charge in [-0.15, -0.1) is 0 Å². The van der Waals surface area contributed by atoms with Crippen molar-refractivity contribution in [3.8, 4) is 0 Å². The largest absolute Gasteiger partial charge is 0.467 e.